The van der Waals surface area contributed by atoms with E-state index in [-0.39, 0.29) is 0 Å². The summed E-state index contributed by atoms with van der Waals surface area (Å²) in [7, 11) is 0. The zero-order valence-corrected chi connectivity index (χ0v) is 16.5. The number of pyridine rings is 1. The van der Waals surface area contributed by atoms with E-state index >= 15 is 0 Å². The Labute approximate surface area is 173 Å². The lowest BCUT2D eigenvalue weighted by molar-refractivity contribution is 0.122. The molecule has 0 saturated carbocycles. The Bertz CT molecular complexity index is 1170. The summed E-state index contributed by atoms with van der Waals surface area (Å²) >= 11 is 0. The first-order valence-electron chi connectivity index (χ1n) is 9.92. The van der Waals surface area contributed by atoms with Crippen molar-refractivity contribution in [3.05, 3.63) is 65.7 Å². The highest BCUT2D eigenvalue weighted by molar-refractivity contribution is 6.13. The normalized spacial score (nSPS) is 17.3. The number of aromatic nitrogens is 5. The van der Waals surface area contributed by atoms with E-state index in [1.807, 2.05) is 30.5 Å². The number of anilines is 1. The summed E-state index contributed by atoms with van der Waals surface area (Å²) in [5.74, 6) is 0.809. The SMILES string of the molecule is N=C(C1=C(N)CCC(c2ccc3ncnn3c2)=C1)c1cc(N2CCOCC2)ncn1. The Morgan fingerprint density at radius 2 is 1.93 bits per heavy atom. The van der Waals surface area contributed by atoms with Crippen LogP contribution in [0.3, 0.4) is 0 Å². The van der Waals surface area contributed by atoms with E-state index < -0.39 is 0 Å². The van der Waals surface area contributed by atoms with Gasteiger partial charge in [-0.25, -0.2) is 19.5 Å². The molecular formula is C21H22N8O. The summed E-state index contributed by atoms with van der Waals surface area (Å²) in [6.07, 6.45) is 8.51. The van der Waals surface area contributed by atoms with E-state index in [0.717, 1.165) is 42.1 Å². The van der Waals surface area contributed by atoms with Crippen LogP contribution in [-0.2, 0) is 4.74 Å². The number of allylic oxidation sites excluding steroid dienone is 4. The molecule has 3 aromatic heterocycles. The largest absolute Gasteiger partial charge is 0.401 e. The predicted octanol–water partition coefficient (Wildman–Crippen LogP) is 1.81. The van der Waals surface area contributed by atoms with Crippen LogP contribution >= 0.6 is 0 Å². The van der Waals surface area contributed by atoms with Gasteiger partial charge in [0.1, 0.15) is 18.5 Å². The molecule has 1 saturated heterocycles. The van der Waals surface area contributed by atoms with Crippen molar-refractivity contribution in [2.45, 2.75) is 12.8 Å². The minimum absolute atomic E-state index is 0.309. The van der Waals surface area contributed by atoms with Crippen molar-refractivity contribution >= 4 is 22.7 Å². The molecule has 1 aliphatic heterocycles. The van der Waals surface area contributed by atoms with Gasteiger partial charge >= 0.3 is 0 Å². The summed E-state index contributed by atoms with van der Waals surface area (Å²) < 4.78 is 7.17. The van der Waals surface area contributed by atoms with Gasteiger partial charge in [-0.05, 0) is 42.2 Å². The highest BCUT2D eigenvalue weighted by Crippen LogP contribution is 2.30. The Hall–Kier alpha value is -3.59. The fraction of sp³-hybridized carbons (Fsp3) is 0.286. The number of nitrogens with one attached hydrogen (secondary N) is 1. The van der Waals surface area contributed by atoms with Crippen molar-refractivity contribution in [1.82, 2.24) is 24.6 Å². The molecular weight excluding hydrogens is 380 g/mol. The number of nitrogens with two attached hydrogens (primary N) is 1. The molecule has 1 aliphatic carbocycles. The van der Waals surface area contributed by atoms with E-state index in [0.29, 0.717) is 42.3 Å². The summed E-state index contributed by atoms with van der Waals surface area (Å²) in [6.45, 7) is 2.92. The monoisotopic (exact) mass is 402 g/mol. The fourth-order valence-corrected chi connectivity index (χ4v) is 3.80. The lowest BCUT2D eigenvalue weighted by Gasteiger charge is -2.28. The van der Waals surface area contributed by atoms with E-state index in [1.54, 1.807) is 4.52 Å². The van der Waals surface area contributed by atoms with Crippen LogP contribution in [0.1, 0.15) is 24.1 Å². The first kappa shape index (κ1) is 18.4. The Balaban J connectivity index is 1.45. The first-order chi connectivity index (χ1) is 14.7. The fourth-order valence-electron chi connectivity index (χ4n) is 3.80. The second-order valence-electron chi connectivity index (χ2n) is 7.32. The van der Waals surface area contributed by atoms with E-state index in [9.17, 15) is 0 Å². The van der Waals surface area contributed by atoms with Crippen LogP contribution in [-0.4, -0.2) is 56.6 Å². The van der Waals surface area contributed by atoms with Gasteiger partial charge in [0.25, 0.3) is 0 Å². The van der Waals surface area contributed by atoms with E-state index in [1.165, 1.54) is 12.7 Å². The lowest BCUT2D eigenvalue weighted by Crippen LogP contribution is -2.36. The standard InChI is InChI=1S/C21H22N8O/c22-17-3-1-14(15-2-4-19-26-13-27-29(19)11-15)9-16(17)21(23)18-10-20(25-12-24-18)28-5-7-30-8-6-28/h2,4,9-13,23H,1,3,5-8,22H2. The van der Waals surface area contributed by atoms with Gasteiger partial charge in [0.2, 0.25) is 0 Å². The van der Waals surface area contributed by atoms with Gasteiger partial charge in [-0.15, -0.1) is 0 Å². The molecule has 2 aliphatic rings. The highest BCUT2D eigenvalue weighted by atomic mass is 16.5. The zero-order chi connectivity index (χ0) is 20.5. The maximum Gasteiger partial charge on any atom is 0.155 e. The maximum atomic E-state index is 8.78. The Morgan fingerprint density at radius 3 is 2.80 bits per heavy atom. The van der Waals surface area contributed by atoms with Crippen molar-refractivity contribution in [1.29, 1.82) is 5.41 Å². The average molecular weight is 402 g/mol. The molecule has 3 N–H and O–H groups in total. The van der Waals surface area contributed by atoms with Gasteiger partial charge in [-0.2, -0.15) is 5.10 Å². The van der Waals surface area contributed by atoms with Crippen molar-refractivity contribution in [2.24, 2.45) is 5.73 Å². The van der Waals surface area contributed by atoms with Crippen molar-refractivity contribution in [2.75, 3.05) is 31.2 Å². The summed E-state index contributed by atoms with van der Waals surface area (Å²) in [5.41, 5.74) is 11.6. The number of ether oxygens (including phenoxy) is 1. The second kappa shape index (κ2) is 7.68. The number of fused-ring (bicyclic) bond motifs is 1. The predicted molar refractivity (Wildman–Crippen MR) is 113 cm³/mol. The van der Waals surface area contributed by atoms with Gasteiger partial charge in [-0.1, -0.05) is 0 Å². The molecule has 152 valence electrons. The molecule has 0 spiro atoms. The van der Waals surface area contributed by atoms with Crippen molar-refractivity contribution in [3.63, 3.8) is 0 Å². The third-order valence-electron chi connectivity index (χ3n) is 5.49. The molecule has 9 nitrogen and oxygen atoms in total. The molecule has 4 heterocycles. The van der Waals surface area contributed by atoms with Crippen LogP contribution in [0, 0.1) is 5.41 Å². The quantitative estimate of drug-likeness (QED) is 0.639. The van der Waals surface area contributed by atoms with Crippen LogP contribution in [0.4, 0.5) is 5.82 Å². The molecule has 30 heavy (non-hydrogen) atoms. The molecule has 0 bridgehead atoms. The number of morpholine rings is 1. The van der Waals surface area contributed by atoms with Gasteiger partial charge < -0.3 is 15.4 Å². The zero-order valence-electron chi connectivity index (χ0n) is 16.5. The summed E-state index contributed by atoms with van der Waals surface area (Å²) in [6, 6.07) is 5.83. The second-order valence-corrected chi connectivity index (χ2v) is 7.32. The van der Waals surface area contributed by atoms with Gasteiger partial charge in [0.15, 0.2) is 5.65 Å². The summed E-state index contributed by atoms with van der Waals surface area (Å²) in [5, 5.41) is 13.0. The van der Waals surface area contributed by atoms with Crippen LogP contribution in [0.15, 0.2) is 54.4 Å². The van der Waals surface area contributed by atoms with E-state index in [2.05, 4.69) is 25.0 Å². The molecule has 0 amide bonds. The molecule has 5 rings (SSSR count). The van der Waals surface area contributed by atoms with Crippen LogP contribution in [0.5, 0.6) is 0 Å². The number of hydrogen-bond acceptors (Lipinski definition) is 8. The Morgan fingerprint density at radius 1 is 1.07 bits per heavy atom. The third kappa shape index (κ3) is 3.43. The maximum absolute atomic E-state index is 8.78. The van der Waals surface area contributed by atoms with Gasteiger partial charge in [-0.3, -0.25) is 5.41 Å². The molecule has 0 unspecified atom stereocenters. The summed E-state index contributed by atoms with van der Waals surface area (Å²) in [4.78, 5) is 15.1. The molecule has 0 atom stereocenters. The highest BCUT2D eigenvalue weighted by Gasteiger charge is 2.20. The lowest BCUT2D eigenvalue weighted by atomic mass is 9.89. The van der Waals surface area contributed by atoms with Crippen molar-refractivity contribution in [3.8, 4) is 0 Å². The topological polar surface area (TPSA) is 118 Å². The average Bonchev–Trinajstić information content (AvgIpc) is 3.28. The van der Waals surface area contributed by atoms with Gasteiger partial charge in [0, 0.05) is 36.6 Å². The van der Waals surface area contributed by atoms with Crippen molar-refractivity contribution < 1.29 is 4.74 Å². The molecule has 9 heteroatoms. The third-order valence-corrected chi connectivity index (χ3v) is 5.49. The van der Waals surface area contributed by atoms with Crippen LogP contribution in [0.25, 0.3) is 11.2 Å². The van der Waals surface area contributed by atoms with Crippen LogP contribution in [0.2, 0.25) is 0 Å². The molecule has 0 aromatic carbocycles. The Kier molecular flexibility index (Phi) is 4.72. The van der Waals surface area contributed by atoms with Gasteiger partial charge in [0.05, 0.1) is 24.6 Å². The van der Waals surface area contributed by atoms with E-state index in [4.69, 9.17) is 15.9 Å². The number of nitrogens with zero attached hydrogens (tertiary/aromatic N) is 6. The number of rotatable bonds is 4. The molecule has 0 radical (unpaired) electrons. The minimum atomic E-state index is 0.309. The van der Waals surface area contributed by atoms with Crippen LogP contribution < -0.4 is 10.6 Å². The minimum Gasteiger partial charge on any atom is -0.401 e. The molecule has 1 fully saturated rings. The molecule has 3 aromatic rings. The number of hydrogen-bond donors (Lipinski definition) is 2. The smallest absolute Gasteiger partial charge is 0.155 e. The first-order valence-corrected chi connectivity index (χ1v) is 9.92.